The van der Waals surface area contributed by atoms with Gasteiger partial charge in [-0.15, -0.1) is 0 Å². The number of rotatable bonds is 11. The predicted molar refractivity (Wildman–Crippen MR) is 105 cm³/mol. The average molecular weight is 395 g/mol. The molecule has 0 heterocycles. The van der Waals surface area contributed by atoms with Crippen molar-refractivity contribution in [2.75, 3.05) is 13.2 Å². The van der Waals surface area contributed by atoms with E-state index < -0.39 is 37.6 Å². The summed E-state index contributed by atoms with van der Waals surface area (Å²) in [6, 6.07) is 9.73. The third-order valence-corrected chi connectivity index (χ3v) is 9.02. The molecule has 0 saturated heterocycles. The van der Waals surface area contributed by atoms with E-state index in [0.29, 0.717) is 12.9 Å². The van der Waals surface area contributed by atoms with Gasteiger partial charge in [-0.1, -0.05) is 55.5 Å². The van der Waals surface area contributed by atoms with E-state index in [4.69, 9.17) is 14.2 Å². The second kappa shape index (κ2) is 10.9. The van der Waals surface area contributed by atoms with Crippen molar-refractivity contribution < 1.29 is 28.6 Å². The topological polar surface area (TPSA) is 78.9 Å². The van der Waals surface area contributed by atoms with Crippen LogP contribution >= 0.6 is 0 Å². The number of carbonyl (C=O) groups is 3. The first-order valence-electron chi connectivity index (χ1n) is 9.32. The van der Waals surface area contributed by atoms with Crippen molar-refractivity contribution in [2.24, 2.45) is 5.92 Å². The van der Waals surface area contributed by atoms with E-state index in [1.807, 2.05) is 37.3 Å². The maximum atomic E-state index is 12.8. The molecular weight excluding hydrogens is 364 g/mol. The van der Waals surface area contributed by atoms with Crippen LogP contribution in [-0.4, -0.2) is 45.8 Å². The van der Waals surface area contributed by atoms with Crippen molar-refractivity contribution in [3.8, 4) is 0 Å². The summed E-state index contributed by atoms with van der Waals surface area (Å²) in [6.07, 6.45) is -0.120. The summed E-state index contributed by atoms with van der Waals surface area (Å²) in [5, 5.41) is 1.06. The molecule has 0 bridgehead atoms. The molecule has 27 heavy (non-hydrogen) atoms. The minimum Gasteiger partial charge on any atom is -0.465 e. The lowest BCUT2D eigenvalue weighted by atomic mass is 9.99. The normalized spacial score (nSPS) is 13.6. The van der Waals surface area contributed by atoms with Crippen LogP contribution in [0.15, 0.2) is 30.3 Å². The van der Waals surface area contributed by atoms with Crippen molar-refractivity contribution in [1.82, 2.24) is 0 Å². The monoisotopic (exact) mass is 394 g/mol. The molecule has 0 aliphatic carbocycles. The molecule has 7 heteroatoms. The van der Waals surface area contributed by atoms with Crippen LogP contribution < -0.4 is 5.19 Å². The van der Waals surface area contributed by atoms with E-state index in [2.05, 4.69) is 13.1 Å². The Bertz CT molecular complexity index is 598. The zero-order chi connectivity index (χ0) is 20.4. The molecule has 0 saturated carbocycles. The SMILES string of the molecule is CCOC(=O)C(C(=O)OCC)[C@@H]([C@@H](CC)OC=O)[Si](C)(C)c1ccccc1. The van der Waals surface area contributed by atoms with Crippen LogP contribution in [-0.2, 0) is 28.6 Å². The highest BCUT2D eigenvalue weighted by Crippen LogP contribution is 2.38. The van der Waals surface area contributed by atoms with Gasteiger partial charge in [0.15, 0.2) is 5.92 Å². The Morgan fingerprint density at radius 1 is 1.00 bits per heavy atom. The Balaban J connectivity index is 3.53. The number of benzene rings is 1. The second-order valence-electron chi connectivity index (χ2n) is 6.77. The standard InChI is InChI=1S/C20H30O6Si/c1-6-16(26-14-21)18(27(4,5)15-12-10-9-11-13-15)17(19(22)24-7-2)20(23)25-8-3/h9-14,16-18H,6-8H2,1-5H3/t16-,18-/m1/s1. The fourth-order valence-corrected chi connectivity index (χ4v) is 7.30. The summed E-state index contributed by atoms with van der Waals surface area (Å²) in [6.45, 7) is 10.1. The van der Waals surface area contributed by atoms with Crippen molar-refractivity contribution >= 4 is 31.7 Å². The molecule has 2 atom stereocenters. The Morgan fingerprint density at radius 2 is 1.52 bits per heavy atom. The first-order chi connectivity index (χ1) is 12.8. The number of hydrogen-bond donors (Lipinski definition) is 0. The van der Waals surface area contributed by atoms with Crippen molar-refractivity contribution in [3.63, 3.8) is 0 Å². The van der Waals surface area contributed by atoms with Gasteiger partial charge in [-0.25, -0.2) is 0 Å². The zero-order valence-electron chi connectivity index (χ0n) is 16.8. The minimum absolute atomic E-state index is 0.153. The lowest BCUT2D eigenvalue weighted by Gasteiger charge is -2.40. The van der Waals surface area contributed by atoms with Crippen molar-refractivity contribution in [2.45, 2.75) is 51.9 Å². The van der Waals surface area contributed by atoms with E-state index in [1.165, 1.54) is 0 Å². The van der Waals surface area contributed by atoms with Gasteiger partial charge in [0, 0.05) is 5.54 Å². The lowest BCUT2D eigenvalue weighted by Crippen LogP contribution is -2.56. The van der Waals surface area contributed by atoms with E-state index in [9.17, 15) is 14.4 Å². The number of hydrogen-bond acceptors (Lipinski definition) is 6. The molecule has 0 aromatic heterocycles. The Hall–Kier alpha value is -2.15. The van der Waals surface area contributed by atoms with Crippen molar-refractivity contribution in [3.05, 3.63) is 30.3 Å². The summed E-state index contributed by atoms with van der Waals surface area (Å²) in [7, 11) is -2.46. The molecule has 150 valence electrons. The highest BCUT2D eigenvalue weighted by molar-refractivity contribution is 6.91. The van der Waals surface area contributed by atoms with Crippen LogP contribution in [0.3, 0.4) is 0 Å². The summed E-state index contributed by atoms with van der Waals surface area (Å²) in [5.41, 5.74) is -0.520. The van der Waals surface area contributed by atoms with Crippen LogP contribution in [0.5, 0.6) is 0 Å². The molecular formula is C20H30O6Si. The highest BCUT2D eigenvalue weighted by atomic mass is 28.3. The molecule has 6 nitrogen and oxygen atoms in total. The maximum Gasteiger partial charge on any atom is 0.320 e. The molecule has 0 N–H and O–H groups in total. The quantitative estimate of drug-likeness (QED) is 0.189. The van der Waals surface area contributed by atoms with E-state index in [1.54, 1.807) is 13.8 Å². The molecule has 0 aliphatic heterocycles. The van der Waals surface area contributed by atoms with Gasteiger partial charge in [-0.3, -0.25) is 14.4 Å². The van der Waals surface area contributed by atoms with Crippen LogP contribution in [0.25, 0.3) is 0 Å². The Kier molecular flexibility index (Phi) is 9.21. The summed E-state index contributed by atoms with van der Waals surface area (Å²) >= 11 is 0. The fraction of sp³-hybridized carbons (Fsp3) is 0.550. The van der Waals surface area contributed by atoms with Gasteiger partial charge in [0.25, 0.3) is 6.47 Å². The van der Waals surface area contributed by atoms with Gasteiger partial charge in [0.05, 0.1) is 21.3 Å². The Labute approximate surface area is 162 Å². The molecule has 1 aromatic rings. The molecule has 0 radical (unpaired) electrons. The number of esters is 2. The molecule has 1 rings (SSSR count). The first kappa shape index (κ1) is 22.9. The van der Waals surface area contributed by atoms with Gasteiger partial charge < -0.3 is 14.2 Å². The molecule has 0 aliphatic rings. The summed E-state index contributed by atoms with van der Waals surface area (Å²) in [4.78, 5) is 36.6. The minimum atomic E-state index is -2.46. The first-order valence-corrected chi connectivity index (χ1v) is 12.4. The van der Waals surface area contributed by atoms with Gasteiger partial charge >= 0.3 is 11.9 Å². The van der Waals surface area contributed by atoms with Crippen molar-refractivity contribution in [1.29, 1.82) is 0 Å². The summed E-state index contributed by atoms with van der Waals surface area (Å²) < 4.78 is 15.7. The smallest absolute Gasteiger partial charge is 0.320 e. The molecule has 0 spiro atoms. The van der Waals surface area contributed by atoms with Gasteiger partial charge in [0.2, 0.25) is 0 Å². The third kappa shape index (κ3) is 5.66. The predicted octanol–water partition coefficient (Wildman–Crippen LogP) is 2.67. The third-order valence-electron chi connectivity index (χ3n) is 4.82. The van der Waals surface area contributed by atoms with E-state index in [0.717, 1.165) is 5.19 Å². The zero-order valence-corrected chi connectivity index (χ0v) is 17.8. The molecule has 0 fully saturated rings. The second-order valence-corrected chi connectivity index (χ2v) is 11.5. The van der Waals surface area contributed by atoms with Gasteiger partial charge in [-0.05, 0) is 20.3 Å². The molecule has 1 aromatic carbocycles. The van der Waals surface area contributed by atoms with Crippen LogP contribution in [0.4, 0.5) is 0 Å². The van der Waals surface area contributed by atoms with E-state index >= 15 is 0 Å². The van der Waals surface area contributed by atoms with Crippen LogP contribution in [0.2, 0.25) is 18.6 Å². The van der Waals surface area contributed by atoms with E-state index in [-0.39, 0.29) is 13.2 Å². The van der Waals surface area contributed by atoms with Crippen LogP contribution in [0.1, 0.15) is 27.2 Å². The maximum absolute atomic E-state index is 12.8. The summed E-state index contributed by atoms with van der Waals surface area (Å²) in [5.74, 6) is -2.41. The largest absolute Gasteiger partial charge is 0.465 e. The number of carbonyl (C=O) groups excluding carboxylic acids is 3. The fourth-order valence-electron chi connectivity index (χ4n) is 3.52. The highest BCUT2D eigenvalue weighted by Gasteiger charge is 2.51. The molecule has 0 amide bonds. The average Bonchev–Trinajstić information content (AvgIpc) is 2.65. The lowest BCUT2D eigenvalue weighted by molar-refractivity contribution is -0.164. The number of ether oxygens (including phenoxy) is 3. The molecule has 0 unspecified atom stereocenters. The van der Waals surface area contributed by atoms with Gasteiger partial charge in [0.1, 0.15) is 6.10 Å². The van der Waals surface area contributed by atoms with Crippen LogP contribution in [0, 0.1) is 5.92 Å². The Morgan fingerprint density at radius 3 is 1.93 bits per heavy atom. The van der Waals surface area contributed by atoms with Gasteiger partial charge in [-0.2, -0.15) is 0 Å².